The Balaban J connectivity index is 1.62. The van der Waals surface area contributed by atoms with Crippen molar-refractivity contribution in [3.63, 3.8) is 0 Å². The molecular weight excluding hydrogens is 841 g/mol. The first-order valence-corrected chi connectivity index (χ1v) is 23.6. The van der Waals surface area contributed by atoms with E-state index in [9.17, 15) is 25.1 Å². The molecule has 3 aromatic rings. The lowest BCUT2D eigenvalue weighted by Crippen LogP contribution is -2.70. The zero-order chi connectivity index (χ0) is 46.2. The molecule has 0 radical (unpaired) electrons. The van der Waals surface area contributed by atoms with Crippen molar-refractivity contribution in [2.45, 2.75) is 114 Å². The summed E-state index contributed by atoms with van der Waals surface area (Å²) in [5.41, 5.74) is 1.79. The Labute approximate surface area is 376 Å². The number of nitrogens with zero attached hydrogens (tertiary/aromatic N) is 3. The second kappa shape index (κ2) is 20.8. The van der Waals surface area contributed by atoms with E-state index < -0.39 is 44.2 Å². The van der Waals surface area contributed by atoms with Gasteiger partial charge in [0.25, 0.3) is 5.69 Å². The normalized spacial score (nSPS) is 23.3. The molecule has 1 amide bonds. The summed E-state index contributed by atoms with van der Waals surface area (Å²) in [6, 6.07) is 16.4. The summed E-state index contributed by atoms with van der Waals surface area (Å²) in [7, 11) is -4.30. The number of oxime groups is 1. The number of hydrogen-bond acceptors (Lipinski definition) is 12. The number of aliphatic hydroxyl groups is 2. The Morgan fingerprint density at radius 1 is 1.05 bits per heavy atom. The molecule has 15 nitrogen and oxygen atoms in total. The topological polar surface area (TPSA) is 199 Å². The zero-order valence-electron chi connectivity index (χ0n) is 37.4. The molecule has 16 heteroatoms. The number of anilines is 1. The number of aliphatic hydroxyl groups excluding tert-OH is 2. The number of unbranched alkanes of at least 4 members (excludes halogenated alkanes) is 2. The third kappa shape index (κ3) is 10.7. The SMILES string of the molecule is C=CCOC12Oc3ccc(Oc4cccc([N+](=O)[O-])c4)cc3C3C(CCCCO)C(CCCCO)C=C(C(=NOC(C)(C)C)CC1N(CCC)S(=O)(=O)c1ccc(NC(C)=O)cc1)C32. The lowest BCUT2D eigenvalue weighted by molar-refractivity contribution is -0.384. The largest absolute Gasteiger partial charge is 0.460 e. The summed E-state index contributed by atoms with van der Waals surface area (Å²) in [6.07, 6.45) is 8.41. The van der Waals surface area contributed by atoms with Gasteiger partial charge in [-0.2, -0.15) is 4.31 Å². The van der Waals surface area contributed by atoms with E-state index in [0.29, 0.717) is 55.0 Å². The number of rotatable bonds is 21. The van der Waals surface area contributed by atoms with Crippen LogP contribution in [0, 0.1) is 27.9 Å². The van der Waals surface area contributed by atoms with Crippen molar-refractivity contribution < 1.29 is 47.4 Å². The number of nitrogens with one attached hydrogen (secondary N) is 1. The third-order valence-corrected chi connectivity index (χ3v) is 13.8. The minimum Gasteiger partial charge on any atom is -0.460 e. The number of amides is 1. The van der Waals surface area contributed by atoms with Crippen LogP contribution in [0.25, 0.3) is 0 Å². The Kier molecular flexibility index (Phi) is 15.7. The molecule has 1 fully saturated rings. The van der Waals surface area contributed by atoms with Crippen LogP contribution in [0.4, 0.5) is 11.4 Å². The molecule has 0 spiro atoms. The van der Waals surface area contributed by atoms with Gasteiger partial charge in [-0.25, -0.2) is 8.42 Å². The van der Waals surface area contributed by atoms with Crippen LogP contribution in [0.1, 0.15) is 97.5 Å². The summed E-state index contributed by atoms with van der Waals surface area (Å²) in [5, 5.41) is 39.1. The minimum atomic E-state index is -4.30. The summed E-state index contributed by atoms with van der Waals surface area (Å²) in [5.74, 6) is -1.98. The number of carbonyl (C=O) groups is 1. The fourth-order valence-electron chi connectivity index (χ4n) is 9.39. The molecule has 3 aromatic carbocycles. The van der Waals surface area contributed by atoms with Gasteiger partial charge in [0.05, 0.1) is 40.2 Å². The van der Waals surface area contributed by atoms with E-state index in [4.69, 9.17) is 24.2 Å². The summed E-state index contributed by atoms with van der Waals surface area (Å²) < 4.78 is 52.5. The van der Waals surface area contributed by atoms with E-state index >= 15 is 8.42 Å². The number of nitro benzene ring substituents is 1. The lowest BCUT2D eigenvalue weighted by Gasteiger charge is -2.59. The first kappa shape index (κ1) is 48.3. The van der Waals surface area contributed by atoms with E-state index in [2.05, 4.69) is 18.0 Å². The zero-order valence-corrected chi connectivity index (χ0v) is 38.2. The van der Waals surface area contributed by atoms with Crippen molar-refractivity contribution in [3.05, 3.63) is 107 Å². The molecule has 346 valence electrons. The number of non-ortho nitro benzene ring substituents is 1. The van der Waals surface area contributed by atoms with Crippen LogP contribution in [-0.2, 0) is 24.4 Å². The Bertz CT molecular complexity index is 2310. The van der Waals surface area contributed by atoms with Crippen LogP contribution in [0.5, 0.6) is 17.2 Å². The molecule has 0 aromatic heterocycles. The molecule has 3 aliphatic rings. The number of allylic oxidation sites excluding steroid dienone is 1. The van der Waals surface area contributed by atoms with Crippen LogP contribution < -0.4 is 14.8 Å². The predicted molar refractivity (Wildman–Crippen MR) is 244 cm³/mol. The Hall–Kier alpha value is -5.13. The molecule has 6 atom stereocenters. The Morgan fingerprint density at radius 2 is 1.75 bits per heavy atom. The van der Waals surface area contributed by atoms with E-state index in [1.54, 1.807) is 42.5 Å². The van der Waals surface area contributed by atoms with Gasteiger partial charge in [0.1, 0.15) is 22.8 Å². The standard InChI is InChI=1S/C48H62N4O11S/c1-7-24-51(64(58,59)38-21-18-34(19-22-38)49-32(3)55)44-31-42(50-63-47(4,5)6)40-28-33(14-9-11-25-53)39(17-10-12-26-54)45-41-30-37(61-36-16-13-15-35(29-36)52(56)57)20-23-43(41)62-48(44,46(40)45)60-27-8-2/h8,13,15-16,18-23,28-30,33,39,44-46,53-54H,2,7,9-12,14,17,24-27,31H2,1,3-6H3,(H,49,55). The predicted octanol–water partition coefficient (Wildman–Crippen LogP) is 8.88. The average molecular weight is 903 g/mol. The highest BCUT2D eigenvalue weighted by Gasteiger charge is 2.66. The minimum absolute atomic E-state index is 0.0157. The van der Waals surface area contributed by atoms with Gasteiger partial charge in [0, 0.05) is 56.3 Å². The van der Waals surface area contributed by atoms with Gasteiger partial charge in [-0.15, -0.1) is 6.58 Å². The van der Waals surface area contributed by atoms with Gasteiger partial charge in [-0.05, 0) is 119 Å². The highest BCUT2D eigenvalue weighted by Crippen LogP contribution is 2.62. The van der Waals surface area contributed by atoms with Gasteiger partial charge in [-0.1, -0.05) is 43.1 Å². The monoisotopic (exact) mass is 902 g/mol. The average Bonchev–Trinajstić information content (AvgIpc) is 3.25. The number of hydrogen-bond donors (Lipinski definition) is 3. The van der Waals surface area contributed by atoms with Gasteiger partial charge < -0.3 is 34.6 Å². The van der Waals surface area contributed by atoms with Crippen LogP contribution in [0.15, 0.2) is 101 Å². The first-order chi connectivity index (χ1) is 30.6. The fourth-order valence-corrected chi connectivity index (χ4v) is 11.1. The quantitative estimate of drug-likeness (QED) is 0.0399. The third-order valence-electron chi connectivity index (χ3n) is 11.9. The van der Waals surface area contributed by atoms with Crippen LogP contribution in [-0.4, -0.2) is 83.3 Å². The molecule has 1 saturated carbocycles. The first-order valence-electron chi connectivity index (χ1n) is 22.1. The van der Waals surface area contributed by atoms with E-state index in [-0.39, 0.29) is 66.9 Å². The second-order valence-electron chi connectivity index (χ2n) is 17.7. The highest BCUT2D eigenvalue weighted by molar-refractivity contribution is 7.89. The molecule has 1 aliphatic heterocycles. The van der Waals surface area contributed by atoms with Crippen molar-refractivity contribution in [2.75, 3.05) is 31.7 Å². The maximum Gasteiger partial charge on any atom is 0.273 e. The number of fused-ring (bicyclic) bond motifs is 2. The maximum absolute atomic E-state index is 15.2. The molecule has 1 heterocycles. The van der Waals surface area contributed by atoms with Gasteiger partial charge >= 0.3 is 0 Å². The number of carbonyl (C=O) groups excluding carboxylic acids is 1. The van der Waals surface area contributed by atoms with Crippen molar-refractivity contribution in [1.82, 2.24) is 4.31 Å². The maximum atomic E-state index is 15.2. The summed E-state index contributed by atoms with van der Waals surface area (Å²) in [6.45, 7) is 13.1. The number of ether oxygens (including phenoxy) is 3. The van der Waals surface area contributed by atoms with Crippen molar-refractivity contribution >= 4 is 33.0 Å². The van der Waals surface area contributed by atoms with Crippen molar-refractivity contribution in [1.29, 1.82) is 0 Å². The molecular formula is C48H62N4O11S. The van der Waals surface area contributed by atoms with Crippen LogP contribution in [0.3, 0.4) is 0 Å². The molecule has 2 aliphatic carbocycles. The molecule has 64 heavy (non-hydrogen) atoms. The molecule has 0 bridgehead atoms. The van der Waals surface area contributed by atoms with Crippen LogP contribution in [0.2, 0.25) is 0 Å². The fraction of sp³-hybridized carbons (Fsp3) is 0.500. The highest BCUT2D eigenvalue weighted by atomic mass is 32.2. The van der Waals surface area contributed by atoms with Gasteiger partial charge in [0.15, 0.2) is 0 Å². The van der Waals surface area contributed by atoms with Crippen molar-refractivity contribution in [3.8, 4) is 17.2 Å². The van der Waals surface area contributed by atoms with Gasteiger partial charge in [0.2, 0.25) is 21.7 Å². The van der Waals surface area contributed by atoms with Gasteiger partial charge in [-0.3, -0.25) is 14.9 Å². The molecule has 0 saturated heterocycles. The van der Waals surface area contributed by atoms with Crippen LogP contribution >= 0.6 is 0 Å². The Morgan fingerprint density at radius 3 is 2.39 bits per heavy atom. The number of nitro groups is 1. The number of benzene rings is 3. The van der Waals surface area contributed by atoms with Crippen molar-refractivity contribution in [2.24, 2.45) is 22.9 Å². The van der Waals surface area contributed by atoms with E-state index in [1.165, 1.54) is 35.5 Å². The lowest BCUT2D eigenvalue weighted by atomic mass is 9.55. The molecule has 6 rings (SSSR count). The summed E-state index contributed by atoms with van der Waals surface area (Å²) >= 11 is 0. The number of sulfonamides is 1. The van der Waals surface area contributed by atoms with E-state index in [1.807, 2.05) is 33.8 Å². The molecule has 6 unspecified atom stereocenters. The second-order valence-corrected chi connectivity index (χ2v) is 19.5. The summed E-state index contributed by atoms with van der Waals surface area (Å²) in [4.78, 5) is 29.2. The smallest absolute Gasteiger partial charge is 0.273 e. The van der Waals surface area contributed by atoms with E-state index in [0.717, 1.165) is 24.0 Å². The molecule has 3 N–H and O–H groups in total.